The summed E-state index contributed by atoms with van der Waals surface area (Å²) in [4.78, 5) is 0. The third-order valence-corrected chi connectivity index (χ3v) is 11.9. The third kappa shape index (κ3) is 7.94. The van der Waals surface area contributed by atoms with Crippen molar-refractivity contribution in [2.75, 3.05) is 21.3 Å². The molecule has 0 amide bonds. The van der Waals surface area contributed by atoms with E-state index in [4.69, 9.17) is 14.2 Å². The van der Waals surface area contributed by atoms with Crippen molar-refractivity contribution in [3.63, 3.8) is 0 Å². The minimum atomic E-state index is -0.665. The van der Waals surface area contributed by atoms with Crippen LogP contribution in [0.1, 0.15) is 0 Å². The van der Waals surface area contributed by atoms with E-state index in [1.54, 1.807) is 21.3 Å². The van der Waals surface area contributed by atoms with Gasteiger partial charge in [0.2, 0.25) is 0 Å². The molecule has 44 heavy (non-hydrogen) atoms. The molecule has 6 aromatic carbocycles. The molecule has 0 bridgehead atoms. The quantitative estimate of drug-likeness (QED) is 0.166. The highest BCUT2D eigenvalue weighted by Gasteiger charge is 2.17. The van der Waals surface area contributed by atoms with Gasteiger partial charge in [-0.15, -0.1) is 0 Å². The fraction of sp³-hybridized carbons (Fsp3) is 0.0769. The standard InChI is InChI=1S/C21H21O3P.C18H15P/c1-22-16-4-10-19(11-5-16)25(20-12-6-17(23-2)7-13-20)21-14-8-18(24-3)9-15-21;1-4-10-16(11-5-1)19(17-12-6-2-7-13-17)18-14-8-3-9-15-18/h4-15H,1-3H3;1-15H. The maximum atomic E-state index is 5.30. The fourth-order valence-electron chi connectivity index (χ4n) is 4.82. The Balaban J connectivity index is 0.000000181. The second-order valence-electron chi connectivity index (χ2n) is 9.77. The van der Waals surface area contributed by atoms with Crippen molar-refractivity contribution >= 4 is 47.7 Å². The van der Waals surface area contributed by atoms with Crippen LogP contribution in [0.25, 0.3) is 0 Å². The van der Waals surface area contributed by atoms with Crippen LogP contribution < -0.4 is 46.0 Å². The van der Waals surface area contributed by atoms with Gasteiger partial charge in [0, 0.05) is 0 Å². The third-order valence-electron chi connectivity index (χ3n) is 7.04. The summed E-state index contributed by atoms with van der Waals surface area (Å²) >= 11 is 0. The van der Waals surface area contributed by atoms with Crippen LogP contribution in [0, 0.1) is 0 Å². The first kappa shape index (κ1) is 31.0. The molecule has 0 N–H and O–H groups in total. The monoisotopic (exact) mass is 614 g/mol. The summed E-state index contributed by atoms with van der Waals surface area (Å²) in [7, 11) is 3.95. The number of benzene rings is 6. The second-order valence-corrected chi connectivity index (χ2v) is 14.2. The molecule has 0 atom stereocenters. The van der Waals surface area contributed by atoms with Crippen molar-refractivity contribution in [1.29, 1.82) is 0 Å². The summed E-state index contributed by atoms with van der Waals surface area (Å²) in [6.45, 7) is 0. The second kappa shape index (κ2) is 15.9. The molecule has 0 unspecified atom stereocenters. The molecule has 0 heterocycles. The van der Waals surface area contributed by atoms with Crippen LogP contribution in [0.2, 0.25) is 0 Å². The van der Waals surface area contributed by atoms with Crippen LogP contribution in [-0.2, 0) is 0 Å². The summed E-state index contributed by atoms with van der Waals surface area (Å²) in [5, 5.41) is 8.00. The van der Waals surface area contributed by atoms with Crippen molar-refractivity contribution in [3.05, 3.63) is 164 Å². The number of rotatable bonds is 9. The molecule has 0 aliphatic heterocycles. The van der Waals surface area contributed by atoms with Gasteiger partial charge in [-0.1, -0.05) is 127 Å². The van der Waals surface area contributed by atoms with Gasteiger partial charge in [0.05, 0.1) is 21.3 Å². The maximum Gasteiger partial charge on any atom is 0.118 e. The van der Waals surface area contributed by atoms with Gasteiger partial charge in [-0.05, 0) is 84.1 Å². The first-order valence-corrected chi connectivity index (χ1v) is 17.1. The largest absolute Gasteiger partial charge is 0.497 e. The van der Waals surface area contributed by atoms with Gasteiger partial charge in [-0.3, -0.25) is 0 Å². The zero-order chi connectivity index (χ0) is 30.6. The summed E-state index contributed by atoms with van der Waals surface area (Å²) in [6.07, 6.45) is 0. The van der Waals surface area contributed by atoms with Crippen LogP contribution in [0.4, 0.5) is 0 Å². The van der Waals surface area contributed by atoms with Crippen LogP contribution in [0.3, 0.4) is 0 Å². The van der Waals surface area contributed by atoms with E-state index < -0.39 is 15.8 Å². The lowest BCUT2D eigenvalue weighted by molar-refractivity contribution is 0.415. The topological polar surface area (TPSA) is 27.7 Å². The molecule has 220 valence electrons. The number of hydrogen-bond acceptors (Lipinski definition) is 3. The van der Waals surface area contributed by atoms with Crippen molar-refractivity contribution in [3.8, 4) is 17.2 Å². The summed E-state index contributed by atoms with van der Waals surface area (Å²) in [5.41, 5.74) is 0. The van der Waals surface area contributed by atoms with Gasteiger partial charge in [0.25, 0.3) is 0 Å². The van der Waals surface area contributed by atoms with Crippen LogP contribution >= 0.6 is 15.8 Å². The highest BCUT2D eigenvalue weighted by atomic mass is 31.1. The minimum Gasteiger partial charge on any atom is -0.497 e. The lowest BCUT2D eigenvalue weighted by Gasteiger charge is -2.20. The Morgan fingerprint density at radius 3 is 0.682 bits per heavy atom. The van der Waals surface area contributed by atoms with Gasteiger partial charge in [-0.25, -0.2) is 0 Å². The molecule has 5 heteroatoms. The first-order valence-electron chi connectivity index (χ1n) is 14.4. The maximum absolute atomic E-state index is 5.30. The Morgan fingerprint density at radius 2 is 0.477 bits per heavy atom. The van der Waals surface area contributed by atoms with Crippen LogP contribution in [0.5, 0.6) is 17.2 Å². The van der Waals surface area contributed by atoms with E-state index in [0.717, 1.165) is 17.2 Å². The molecule has 0 aliphatic carbocycles. The first-order chi connectivity index (χ1) is 21.7. The lowest BCUT2D eigenvalue weighted by atomic mass is 10.3. The highest BCUT2D eigenvalue weighted by Crippen LogP contribution is 2.35. The van der Waals surface area contributed by atoms with Gasteiger partial charge >= 0.3 is 0 Å². The molecule has 6 aromatic rings. The molecule has 3 nitrogen and oxygen atoms in total. The zero-order valence-electron chi connectivity index (χ0n) is 25.2. The average molecular weight is 615 g/mol. The number of methoxy groups -OCH3 is 3. The van der Waals surface area contributed by atoms with Crippen molar-refractivity contribution in [2.45, 2.75) is 0 Å². The Labute approximate surface area is 263 Å². The predicted octanol–water partition coefficient (Wildman–Crippen LogP) is 6.92. The van der Waals surface area contributed by atoms with Gasteiger partial charge in [0.15, 0.2) is 0 Å². The molecule has 0 aromatic heterocycles. The molecule has 0 saturated heterocycles. The predicted molar refractivity (Wildman–Crippen MR) is 190 cm³/mol. The summed E-state index contributed by atoms with van der Waals surface area (Å²) in [6, 6.07) is 57.2. The van der Waals surface area contributed by atoms with E-state index in [1.807, 2.05) is 36.4 Å². The van der Waals surface area contributed by atoms with Crippen LogP contribution in [-0.4, -0.2) is 21.3 Å². The lowest BCUT2D eigenvalue weighted by Crippen LogP contribution is -2.20. The average Bonchev–Trinajstić information content (AvgIpc) is 3.11. The zero-order valence-corrected chi connectivity index (χ0v) is 27.0. The van der Waals surface area contributed by atoms with Gasteiger partial charge < -0.3 is 14.2 Å². The Kier molecular flexibility index (Phi) is 11.2. The molecular formula is C39H36O3P2. The Bertz CT molecular complexity index is 1470. The van der Waals surface area contributed by atoms with Crippen molar-refractivity contribution in [2.24, 2.45) is 0 Å². The van der Waals surface area contributed by atoms with Crippen molar-refractivity contribution < 1.29 is 14.2 Å². The van der Waals surface area contributed by atoms with Crippen LogP contribution in [0.15, 0.2) is 164 Å². The van der Waals surface area contributed by atoms with E-state index in [-0.39, 0.29) is 0 Å². The minimum absolute atomic E-state index is 0.446. The van der Waals surface area contributed by atoms with Crippen molar-refractivity contribution in [1.82, 2.24) is 0 Å². The van der Waals surface area contributed by atoms with E-state index in [9.17, 15) is 0 Å². The summed E-state index contributed by atoms with van der Waals surface area (Å²) < 4.78 is 15.9. The van der Waals surface area contributed by atoms with E-state index >= 15 is 0 Å². The molecule has 0 spiro atoms. The van der Waals surface area contributed by atoms with E-state index in [0.29, 0.717) is 0 Å². The van der Waals surface area contributed by atoms with Gasteiger partial charge in [0.1, 0.15) is 17.2 Å². The smallest absolute Gasteiger partial charge is 0.118 e. The SMILES string of the molecule is COc1ccc(P(c2ccc(OC)cc2)c2ccc(OC)cc2)cc1.c1ccc(P(c2ccccc2)c2ccccc2)cc1. The molecule has 0 radical (unpaired) electrons. The molecule has 0 aliphatic rings. The summed E-state index contributed by atoms with van der Waals surface area (Å²) in [5.74, 6) is 2.59. The normalized spacial score (nSPS) is 10.6. The number of ether oxygens (including phenoxy) is 3. The molecule has 0 fully saturated rings. The van der Waals surface area contributed by atoms with E-state index in [2.05, 4.69) is 127 Å². The Hall–Kier alpha value is -4.42. The Morgan fingerprint density at radius 1 is 0.273 bits per heavy atom. The molecule has 0 saturated carbocycles. The molecule has 6 rings (SSSR count). The highest BCUT2D eigenvalue weighted by molar-refractivity contribution is 7.80. The van der Waals surface area contributed by atoms with E-state index in [1.165, 1.54) is 31.8 Å². The fourth-order valence-corrected chi connectivity index (χ4v) is 9.36. The molecular weight excluding hydrogens is 578 g/mol. The van der Waals surface area contributed by atoms with Gasteiger partial charge in [-0.2, -0.15) is 0 Å². The number of hydrogen-bond donors (Lipinski definition) is 0.